The number of furan rings is 1. The second-order valence-electron chi connectivity index (χ2n) is 5.97. The average Bonchev–Trinajstić information content (AvgIpc) is 3.10. The van der Waals surface area contributed by atoms with Crippen molar-refractivity contribution in [3.05, 3.63) is 42.4 Å². The molecule has 2 aromatic rings. The fourth-order valence-electron chi connectivity index (χ4n) is 3.06. The molecule has 3 rings (SSSR count). The van der Waals surface area contributed by atoms with Gasteiger partial charge in [0, 0.05) is 25.5 Å². The lowest BCUT2D eigenvalue weighted by atomic mass is 9.87. The third kappa shape index (κ3) is 2.80. The highest BCUT2D eigenvalue weighted by molar-refractivity contribution is 5.16. The number of nitrogens with one attached hydrogen (secondary N) is 1. The number of nitrogens with zero attached hydrogens (tertiary/aromatic N) is 2. The Morgan fingerprint density at radius 1 is 1.35 bits per heavy atom. The first kappa shape index (κ1) is 13.4. The molecule has 4 heteroatoms. The molecule has 0 spiro atoms. The highest BCUT2D eigenvalue weighted by Crippen LogP contribution is 2.28. The van der Waals surface area contributed by atoms with E-state index in [1.165, 1.54) is 25.7 Å². The standard InChI is InChI=1S/C16H23N3O/c1-12-5-7-13(8-6-12)18-15(14-4-3-11-20-14)16-17-9-10-19(16)2/h3-4,9-13,15,18H,5-8H2,1-2H3. The van der Waals surface area contributed by atoms with Gasteiger partial charge in [0.25, 0.3) is 0 Å². The maximum absolute atomic E-state index is 5.62. The SMILES string of the molecule is CC1CCC(NC(c2ccco2)c2nccn2C)CC1. The summed E-state index contributed by atoms with van der Waals surface area (Å²) >= 11 is 0. The molecular formula is C16H23N3O. The third-order valence-corrected chi connectivity index (χ3v) is 4.36. The number of aryl methyl sites for hydroxylation is 1. The van der Waals surface area contributed by atoms with Crippen LogP contribution in [0.3, 0.4) is 0 Å². The minimum atomic E-state index is 0.0448. The Labute approximate surface area is 120 Å². The van der Waals surface area contributed by atoms with E-state index >= 15 is 0 Å². The van der Waals surface area contributed by atoms with Gasteiger partial charge >= 0.3 is 0 Å². The van der Waals surface area contributed by atoms with Crippen molar-refractivity contribution in [1.82, 2.24) is 14.9 Å². The maximum Gasteiger partial charge on any atom is 0.133 e. The van der Waals surface area contributed by atoms with E-state index in [4.69, 9.17) is 4.42 Å². The first-order chi connectivity index (χ1) is 9.74. The van der Waals surface area contributed by atoms with Crippen molar-refractivity contribution in [2.45, 2.75) is 44.7 Å². The van der Waals surface area contributed by atoms with E-state index in [2.05, 4.69) is 21.8 Å². The highest BCUT2D eigenvalue weighted by Gasteiger charge is 2.26. The Morgan fingerprint density at radius 2 is 2.15 bits per heavy atom. The molecule has 20 heavy (non-hydrogen) atoms. The maximum atomic E-state index is 5.62. The summed E-state index contributed by atoms with van der Waals surface area (Å²) in [6.07, 6.45) is 10.7. The van der Waals surface area contributed by atoms with E-state index in [-0.39, 0.29) is 6.04 Å². The molecule has 0 aromatic carbocycles. The van der Waals surface area contributed by atoms with Crippen LogP contribution in [0.25, 0.3) is 0 Å². The fourth-order valence-corrected chi connectivity index (χ4v) is 3.06. The van der Waals surface area contributed by atoms with Crippen LogP contribution in [0.15, 0.2) is 35.2 Å². The van der Waals surface area contributed by atoms with Crippen molar-refractivity contribution < 1.29 is 4.42 Å². The van der Waals surface area contributed by atoms with Crippen LogP contribution >= 0.6 is 0 Å². The lowest BCUT2D eigenvalue weighted by Gasteiger charge is -2.30. The largest absolute Gasteiger partial charge is 0.467 e. The van der Waals surface area contributed by atoms with Crippen LogP contribution in [0.1, 0.15) is 50.2 Å². The average molecular weight is 273 g/mol. The molecule has 0 radical (unpaired) electrons. The van der Waals surface area contributed by atoms with E-state index in [0.29, 0.717) is 6.04 Å². The molecular weight excluding hydrogens is 250 g/mol. The summed E-state index contributed by atoms with van der Waals surface area (Å²) in [4.78, 5) is 4.49. The Morgan fingerprint density at radius 3 is 2.75 bits per heavy atom. The van der Waals surface area contributed by atoms with Gasteiger partial charge in [0.05, 0.1) is 6.26 Å². The summed E-state index contributed by atoms with van der Waals surface area (Å²) in [5.41, 5.74) is 0. The van der Waals surface area contributed by atoms with E-state index in [1.54, 1.807) is 6.26 Å². The fraction of sp³-hybridized carbons (Fsp3) is 0.562. The molecule has 2 heterocycles. The summed E-state index contributed by atoms with van der Waals surface area (Å²) in [7, 11) is 2.03. The molecule has 108 valence electrons. The normalized spacial score (nSPS) is 24.7. The zero-order chi connectivity index (χ0) is 13.9. The van der Waals surface area contributed by atoms with Gasteiger partial charge in [0.2, 0.25) is 0 Å². The van der Waals surface area contributed by atoms with E-state index in [9.17, 15) is 0 Å². The molecule has 1 aliphatic rings. The molecule has 0 bridgehead atoms. The van der Waals surface area contributed by atoms with E-state index in [1.807, 2.05) is 31.6 Å². The summed E-state index contributed by atoms with van der Waals surface area (Å²) < 4.78 is 7.68. The van der Waals surface area contributed by atoms with Gasteiger partial charge in [-0.05, 0) is 43.7 Å². The van der Waals surface area contributed by atoms with Crippen molar-refractivity contribution in [2.75, 3.05) is 0 Å². The van der Waals surface area contributed by atoms with E-state index < -0.39 is 0 Å². The predicted octanol–water partition coefficient (Wildman–Crippen LogP) is 3.27. The van der Waals surface area contributed by atoms with Crippen molar-refractivity contribution in [1.29, 1.82) is 0 Å². The molecule has 1 aliphatic carbocycles. The minimum absolute atomic E-state index is 0.0448. The number of rotatable bonds is 4. The van der Waals surface area contributed by atoms with Gasteiger partial charge in [0.1, 0.15) is 17.6 Å². The van der Waals surface area contributed by atoms with Gasteiger partial charge in [-0.15, -0.1) is 0 Å². The summed E-state index contributed by atoms with van der Waals surface area (Å²) in [5, 5.41) is 3.75. The lowest BCUT2D eigenvalue weighted by molar-refractivity contribution is 0.282. The van der Waals surface area contributed by atoms with Gasteiger partial charge < -0.3 is 8.98 Å². The molecule has 0 saturated heterocycles. The highest BCUT2D eigenvalue weighted by atomic mass is 16.3. The number of aromatic nitrogens is 2. The van der Waals surface area contributed by atoms with Crippen molar-refractivity contribution in [3.8, 4) is 0 Å². The minimum Gasteiger partial charge on any atom is -0.467 e. The van der Waals surface area contributed by atoms with Crippen LogP contribution in [0, 0.1) is 5.92 Å². The molecule has 4 nitrogen and oxygen atoms in total. The molecule has 1 unspecified atom stereocenters. The van der Waals surface area contributed by atoms with Crippen LogP contribution in [0.2, 0.25) is 0 Å². The zero-order valence-corrected chi connectivity index (χ0v) is 12.2. The molecule has 2 aromatic heterocycles. The Bertz CT molecular complexity index is 524. The van der Waals surface area contributed by atoms with Gasteiger partial charge in [-0.2, -0.15) is 0 Å². The van der Waals surface area contributed by atoms with E-state index in [0.717, 1.165) is 17.5 Å². The first-order valence-corrected chi connectivity index (χ1v) is 7.50. The molecule has 1 atom stereocenters. The van der Waals surface area contributed by atoms with Gasteiger partial charge in [-0.25, -0.2) is 4.98 Å². The summed E-state index contributed by atoms with van der Waals surface area (Å²) in [6, 6.07) is 4.56. The van der Waals surface area contributed by atoms with Crippen LogP contribution < -0.4 is 5.32 Å². The summed E-state index contributed by atoms with van der Waals surface area (Å²) in [5.74, 6) is 2.82. The lowest BCUT2D eigenvalue weighted by Crippen LogP contribution is -2.37. The second kappa shape index (κ2) is 5.83. The first-order valence-electron chi connectivity index (χ1n) is 7.50. The number of hydrogen-bond donors (Lipinski definition) is 1. The van der Waals surface area contributed by atoms with Crippen LogP contribution in [0.5, 0.6) is 0 Å². The molecule has 1 saturated carbocycles. The van der Waals surface area contributed by atoms with Crippen molar-refractivity contribution in [2.24, 2.45) is 13.0 Å². The summed E-state index contributed by atoms with van der Waals surface area (Å²) in [6.45, 7) is 2.35. The van der Waals surface area contributed by atoms with Gasteiger partial charge in [-0.3, -0.25) is 5.32 Å². The van der Waals surface area contributed by atoms with Crippen LogP contribution in [-0.2, 0) is 7.05 Å². The third-order valence-electron chi connectivity index (χ3n) is 4.36. The molecule has 1 fully saturated rings. The number of imidazole rings is 1. The molecule has 0 amide bonds. The van der Waals surface area contributed by atoms with Gasteiger partial charge in [0.15, 0.2) is 0 Å². The zero-order valence-electron chi connectivity index (χ0n) is 12.2. The van der Waals surface area contributed by atoms with Crippen molar-refractivity contribution in [3.63, 3.8) is 0 Å². The molecule has 1 N–H and O–H groups in total. The monoisotopic (exact) mass is 273 g/mol. The predicted molar refractivity (Wildman–Crippen MR) is 78.3 cm³/mol. The Hall–Kier alpha value is -1.55. The second-order valence-corrected chi connectivity index (χ2v) is 5.97. The topological polar surface area (TPSA) is 43.0 Å². The Kier molecular flexibility index (Phi) is 3.92. The van der Waals surface area contributed by atoms with Crippen LogP contribution in [0.4, 0.5) is 0 Å². The Balaban J connectivity index is 1.78. The van der Waals surface area contributed by atoms with Gasteiger partial charge in [-0.1, -0.05) is 6.92 Å². The van der Waals surface area contributed by atoms with Crippen molar-refractivity contribution >= 4 is 0 Å². The quantitative estimate of drug-likeness (QED) is 0.929. The molecule has 0 aliphatic heterocycles. The van der Waals surface area contributed by atoms with Crippen LogP contribution in [-0.4, -0.2) is 15.6 Å². The smallest absolute Gasteiger partial charge is 0.133 e. The number of hydrogen-bond acceptors (Lipinski definition) is 3.